The van der Waals surface area contributed by atoms with Crippen LogP contribution < -0.4 is 0 Å². The summed E-state index contributed by atoms with van der Waals surface area (Å²) in [5.41, 5.74) is 0.294. The fourth-order valence-corrected chi connectivity index (χ4v) is 1.02. The van der Waals surface area contributed by atoms with Crippen LogP contribution in [0.4, 0.5) is 13.2 Å². The Hall–Kier alpha value is -0.925. The fourth-order valence-electron chi connectivity index (χ4n) is 1.02. The summed E-state index contributed by atoms with van der Waals surface area (Å²) in [6.45, 7) is 1.18. The lowest BCUT2D eigenvalue weighted by atomic mass is 9.65. The standard InChI is InChI=1S/C9H10BF3/c1-8(10,9(11,12)13)7-5-3-2-4-6-7/h2-6H,10H2,1H3. The van der Waals surface area contributed by atoms with Crippen molar-refractivity contribution in [3.05, 3.63) is 35.9 Å². The number of halogens is 3. The number of benzene rings is 1. The van der Waals surface area contributed by atoms with Gasteiger partial charge in [0.1, 0.15) is 7.85 Å². The fraction of sp³-hybridized carbons (Fsp3) is 0.333. The van der Waals surface area contributed by atoms with Crippen molar-refractivity contribution in [1.29, 1.82) is 0 Å². The molecule has 1 unspecified atom stereocenters. The zero-order valence-electron chi connectivity index (χ0n) is 7.52. The summed E-state index contributed by atoms with van der Waals surface area (Å²) < 4.78 is 37.6. The van der Waals surface area contributed by atoms with Gasteiger partial charge in [0.05, 0.1) is 5.31 Å². The summed E-state index contributed by atoms with van der Waals surface area (Å²) in [5, 5.41) is -1.77. The van der Waals surface area contributed by atoms with Gasteiger partial charge in [-0.2, -0.15) is 13.2 Å². The molecule has 0 nitrogen and oxygen atoms in total. The average molecular weight is 186 g/mol. The third-order valence-corrected chi connectivity index (χ3v) is 2.20. The van der Waals surface area contributed by atoms with Crippen LogP contribution in [-0.4, -0.2) is 14.0 Å². The topological polar surface area (TPSA) is 0 Å². The van der Waals surface area contributed by atoms with E-state index in [1.54, 1.807) is 18.2 Å². The Kier molecular flexibility index (Phi) is 2.41. The van der Waals surface area contributed by atoms with E-state index in [9.17, 15) is 13.2 Å². The van der Waals surface area contributed by atoms with Gasteiger partial charge in [-0.1, -0.05) is 37.3 Å². The summed E-state index contributed by atoms with van der Waals surface area (Å²) >= 11 is 0. The molecule has 1 aromatic carbocycles. The maximum Gasteiger partial charge on any atom is 0.391 e. The van der Waals surface area contributed by atoms with Gasteiger partial charge in [0.2, 0.25) is 0 Å². The molecule has 0 spiro atoms. The lowest BCUT2D eigenvalue weighted by Crippen LogP contribution is -2.39. The van der Waals surface area contributed by atoms with Crippen molar-refractivity contribution in [2.24, 2.45) is 0 Å². The van der Waals surface area contributed by atoms with Crippen LogP contribution in [0.2, 0.25) is 0 Å². The van der Waals surface area contributed by atoms with Crippen molar-refractivity contribution in [3.63, 3.8) is 0 Å². The maximum absolute atomic E-state index is 12.5. The number of hydrogen-bond acceptors (Lipinski definition) is 0. The van der Waals surface area contributed by atoms with Crippen LogP contribution in [0.15, 0.2) is 30.3 Å². The first-order valence-corrected chi connectivity index (χ1v) is 3.98. The Morgan fingerprint density at radius 2 is 1.54 bits per heavy atom. The van der Waals surface area contributed by atoms with E-state index in [2.05, 4.69) is 0 Å². The van der Waals surface area contributed by atoms with Crippen molar-refractivity contribution in [3.8, 4) is 0 Å². The molecule has 4 heteroatoms. The summed E-state index contributed by atoms with van der Waals surface area (Å²) in [7, 11) is 1.18. The van der Waals surface area contributed by atoms with Gasteiger partial charge < -0.3 is 0 Å². The van der Waals surface area contributed by atoms with E-state index < -0.39 is 11.5 Å². The van der Waals surface area contributed by atoms with Gasteiger partial charge in [-0.15, -0.1) is 0 Å². The maximum atomic E-state index is 12.5. The van der Waals surface area contributed by atoms with Gasteiger partial charge in [-0.05, 0) is 5.56 Å². The van der Waals surface area contributed by atoms with Crippen molar-refractivity contribution >= 4 is 7.85 Å². The molecule has 0 saturated carbocycles. The molecule has 0 aromatic heterocycles. The highest BCUT2D eigenvalue weighted by atomic mass is 19.4. The zero-order valence-corrected chi connectivity index (χ0v) is 7.52. The van der Waals surface area contributed by atoms with Crippen molar-refractivity contribution in [2.75, 3.05) is 0 Å². The van der Waals surface area contributed by atoms with Crippen LogP contribution in [0, 0.1) is 0 Å². The highest BCUT2D eigenvalue weighted by Gasteiger charge is 2.47. The SMILES string of the molecule is BC(C)(c1ccccc1)C(F)(F)F. The van der Waals surface area contributed by atoms with Crippen LogP contribution in [0.3, 0.4) is 0 Å². The quantitative estimate of drug-likeness (QED) is 0.589. The van der Waals surface area contributed by atoms with E-state index in [0.29, 0.717) is 5.56 Å². The molecule has 0 saturated heterocycles. The predicted octanol–water partition coefficient (Wildman–Crippen LogP) is 2.10. The largest absolute Gasteiger partial charge is 0.391 e. The molecule has 0 aliphatic rings. The van der Waals surface area contributed by atoms with Gasteiger partial charge in [0.15, 0.2) is 0 Å². The van der Waals surface area contributed by atoms with E-state index in [4.69, 9.17) is 0 Å². The first-order valence-electron chi connectivity index (χ1n) is 3.98. The Morgan fingerprint density at radius 3 is 1.92 bits per heavy atom. The van der Waals surface area contributed by atoms with E-state index in [-0.39, 0.29) is 0 Å². The molecule has 0 aliphatic carbocycles. The molecular formula is C9H10BF3. The molecule has 0 aliphatic heterocycles. The molecule has 0 bridgehead atoms. The molecule has 1 rings (SSSR count). The van der Waals surface area contributed by atoms with E-state index in [1.165, 1.54) is 26.9 Å². The van der Waals surface area contributed by atoms with Crippen LogP contribution in [-0.2, 0) is 5.31 Å². The predicted molar refractivity (Wildman–Crippen MR) is 48.4 cm³/mol. The smallest absolute Gasteiger partial charge is 0.171 e. The van der Waals surface area contributed by atoms with Gasteiger partial charge in [-0.25, -0.2) is 0 Å². The molecule has 1 aromatic rings. The lowest BCUT2D eigenvalue weighted by molar-refractivity contribution is -0.160. The second-order valence-electron chi connectivity index (χ2n) is 3.49. The van der Waals surface area contributed by atoms with Gasteiger partial charge >= 0.3 is 6.18 Å². The summed E-state index contributed by atoms with van der Waals surface area (Å²) in [4.78, 5) is 0. The second kappa shape index (κ2) is 3.09. The number of hydrogen-bond donors (Lipinski definition) is 0. The molecular weight excluding hydrogens is 176 g/mol. The Morgan fingerprint density at radius 1 is 1.08 bits per heavy atom. The molecule has 0 radical (unpaired) electrons. The average Bonchev–Trinajstić information content (AvgIpc) is 2.04. The lowest BCUT2D eigenvalue weighted by Gasteiger charge is -2.28. The third-order valence-electron chi connectivity index (χ3n) is 2.20. The molecule has 13 heavy (non-hydrogen) atoms. The monoisotopic (exact) mass is 186 g/mol. The zero-order chi connectivity index (χ0) is 10.1. The Balaban J connectivity index is 3.08. The van der Waals surface area contributed by atoms with Gasteiger partial charge in [0.25, 0.3) is 0 Å². The van der Waals surface area contributed by atoms with E-state index in [0.717, 1.165) is 0 Å². The molecule has 0 fully saturated rings. The molecule has 0 amide bonds. The highest BCUT2D eigenvalue weighted by Crippen LogP contribution is 2.37. The van der Waals surface area contributed by atoms with Gasteiger partial charge in [-0.3, -0.25) is 0 Å². The molecule has 70 valence electrons. The number of alkyl halides is 3. The Labute approximate surface area is 76.2 Å². The first-order chi connectivity index (χ1) is 5.86. The third kappa shape index (κ3) is 1.87. The minimum absolute atomic E-state index is 0.294. The second-order valence-corrected chi connectivity index (χ2v) is 3.49. The Bertz CT molecular complexity index is 277. The molecule has 0 heterocycles. The normalized spacial score (nSPS) is 16.6. The van der Waals surface area contributed by atoms with Gasteiger partial charge in [0, 0.05) is 0 Å². The summed E-state index contributed by atoms with van der Waals surface area (Å²) in [6, 6.07) is 7.92. The number of rotatable bonds is 1. The van der Waals surface area contributed by atoms with Crippen LogP contribution in [0.1, 0.15) is 12.5 Å². The summed E-state index contributed by atoms with van der Waals surface area (Å²) in [6.07, 6.45) is -4.20. The van der Waals surface area contributed by atoms with E-state index in [1.807, 2.05) is 0 Å². The minimum Gasteiger partial charge on any atom is -0.171 e. The summed E-state index contributed by atoms with van der Waals surface area (Å²) in [5.74, 6) is 0. The first kappa shape index (κ1) is 10.2. The van der Waals surface area contributed by atoms with Crippen LogP contribution in [0.5, 0.6) is 0 Å². The van der Waals surface area contributed by atoms with Crippen LogP contribution >= 0.6 is 0 Å². The molecule has 0 N–H and O–H groups in total. The molecule has 1 atom stereocenters. The van der Waals surface area contributed by atoms with E-state index >= 15 is 0 Å². The minimum atomic E-state index is -4.20. The van der Waals surface area contributed by atoms with Crippen LogP contribution in [0.25, 0.3) is 0 Å². The van der Waals surface area contributed by atoms with Crippen molar-refractivity contribution in [1.82, 2.24) is 0 Å². The highest BCUT2D eigenvalue weighted by molar-refractivity contribution is 6.16. The van der Waals surface area contributed by atoms with Crippen molar-refractivity contribution in [2.45, 2.75) is 18.4 Å². The van der Waals surface area contributed by atoms with Crippen molar-refractivity contribution < 1.29 is 13.2 Å².